The normalized spacial score (nSPS) is 11.6. The molecule has 0 spiro atoms. The third kappa shape index (κ3) is 6.58. The van der Waals surface area contributed by atoms with Gasteiger partial charge in [0.15, 0.2) is 17.1 Å². The number of aryl methyl sites for hydroxylation is 2. The quantitative estimate of drug-likeness (QED) is 0.127. The van der Waals surface area contributed by atoms with Crippen LogP contribution in [0.5, 0.6) is 5.75 Å². The van der Waals surface area contributed by atoms with Gasteiger partial charge in [-0.1, -0.05) is 60.3 Å². The number of nitrogens with one attached hydrogen (secondary N) is 1. The number of allylic oxidation sites excluding steroid dienone is 1. The smallest absolute Gasteiger partial charge is 0.341 e. The highest BCUT2D eigenvalue weighted by atomic mass is 32.2. The molecule has 2 heterocycles. The molecule has 0 fully saturated rings. The molecule has 8 nitrogen and oxygen atoms in total. The number of hydrogen-bond acceptors (Lipinski definition) is 8. The number of hydrogen-bond donors (Lipinski definition) is 1. The molecule has 2 aromatic carbocycles. The maximum Gasteiger partial charge on any atom is 0.341 e. The van der Waals surface area contributed by atoms with Crippen molar-refractivity contribution in [2.24, 2.45) is 0 Å². The Morgan fingerprint density at radius 3 is 2.62 bits per heavy atom. The van der Waals surface area contributed by atoms with Gasteiger partial charge < -0.3 is 14.8 Å². The molecule has 0 bridgehead atoms. The van der Waals surface area contributed by atoms with Crippen molar-refractivity contribution in [1.82, 2.24) is 14.8 Å². The molecule has 4 rings (SSSR count). The van der Waals surface area contributed by atoms with Gasteiger partial charge in [-0.05, 0) is 44.0 Å². The maximum atomic E-state index is 13.0. The first-order valence-electron chi connectivity index (χ1n) is 12.3. The van der Waals surface area contributed by atoms with E-state index in [1.807, 2.05) is 79.9 Å². The van der Waals surface area contributed by atoms with Crippen LogP contribution in [0.25, 0.3) is 11.1 Å². The standard InChI is InChI=1S/C29H30N4O4S2/c1-6-15-33-26(19(3)37-22-14-10-11-18(2)16-22)31-32-29(33)38-17-23(34)30-27-25(28(35)36-5)24(20(4)39-27)21-12-8-7-9-13-21/h6-14,16,19H,1,15,17H2,2-5H3,(H,30,34). The molecule has 4 aromatic rings. The van der Waals surface area contributed by atoms with Crippen molar-refractivity contribution in [2.75, 3.05) is 18.2 Å². The van der Waals surface area contributed by atoms with E-state index < -0.39 is 5.97 Å². The minimum absolute atomic E-state index is 0.0701. The number of nitrogens with zero attached hydrogens (tertiary/aromatic N) is 3. The van der Waals surface area contributed by atoms with Crippen LogP contribution in [0.1, 0.15) is 39.7 Å². The number of methoxy groups -OCH3 is 1. The predicted octanol–water partition coefficient (Wildman–Crippen LogP) is 6.47. The van der Waals surface area contributed by atoms with Crippen LogP contribution < -0.4 is 10.1 Å². The molecule has 202 valence electrons. The summed E-state index contributed by atoms with van der Waals surface area (Å²) in [6.07, 6.45) is 1.38. The van der Waals surface area contributed by atoms with E-state index in [0.29, 0.717) is 28.1 Å². The molecule has 0 radical (unpaired) electrons. The second-order valence-corrected chi connectivity index (χ2v) is 10.9. The Morgan fingerprint density at radius 1 is 1.15 bits per heavy atom. The molecular weight excluding hydrogens is 532 g/mol. The summed E-state index contributed by atoms with van der Waals surface area (Å²) < 4.78 is 13.0. The second-order valence-electron chi connectivity index (χ2n) is 8.75. The number of carbonyl (C=O) groups excluding carboxylic acids is 2. The molecule has 10 heteroatoms. The summed E-state index contributed by atoms with van der Waals surface area (Å²) in [5.74, 6) is 0.671. The highest BCUT2D eigenvalue weighted by Gasteiger charge is 2.26. The summed E-state index contributed by atoms with van der Waals surface area (Å²) >= 11 is 2.60. The van der Waals surface area contributed by atoms with Crippen molar-refractivity contribution in [3.05, 3.63) is 89.1 Å². The number of aromatic nitrogens is 3. The Morgan fingerprint density at radius 2 is 1.92 bits per heavy atom. The van der Waals surface area contributed by atoms with Gasteiger partial charge in [0.05, 0.1) is 12.9 Å². The van der Waals surface area contributed by atoms with E-state index in [1.54, 1.807) is 6.08 Å². The van der Waals surface area contributed by atoms with Crippen molar-refractivity contribution in [2.45, 2.75) is 38.6 Å². The number of thioether (sulfide) groups is 1. The van der Waals surface area contributed by atoms with E-state index in [9.17, 15) is 9.59 Å². The lowest BCUT2D eigenvalue weighted by atomic mass is 10.0. The van der Waals surface area contributed by atoms with Gasteiger partial charge in [0.1, 0.15) is 16.3 Å². The molecule has 0 aliphatic heterocycles. The van der Waals surface area contributed by atoms with Gasteiger partial charge in [0.2, 0.25) is 5.91 Å². The largest absolute Gasteiger partial charge is 0.483 e. The lowest BCUT2D eigenvalue weighted by Crippen LogP contribution is -2.17. The highest BCUT2D eigenvalue weighted by molar-refractivity contribution is 7.99. The molecule has 0 aliphatic rings. The monoisotopic (exact) mass is 562 g/mol. The van der Waals surface area contributed by atoms with Gasteiger partial charge in [0.25, 0.3) is 0 Å². The molecule has 39 heavy (non-hydrogen) atoms. The molecule has 1 unspecified atom stereocenters. The summed E-state index contributed by atoms with van der Waals surface area (Å²) in [6, 6.07) is 17.4. The van der Waals surface area contributed by atoms with Crippen LogP contribution in [0.3, 0.4) is 0 Å². The Bertz CT molecular complexity index is 1480. The van der Waals surface area contributed by atoms with Gasteiger partial charge in [-0.3, -0.25) is 9.36 Å². The van der Waals surface area contributed by atoms with Crippen LogP contribution in [0.2, 0.25) is 0 Å². The minimum atomic E-state index is -0.501. The van der Waals surface area contributed by atoms with E-state index >= 15 is 0 Å². The SMILES string of the molecule is C=CCn1c(SCC(=O)Nc2sc(C)c(-c3ccccc3)c2C(=O)OC)nnc1C(C)Oc1cccc(C)c1. The summed E-state index contributed by atoms with van der Waals surface area (Å²) in [4.78, 5) is 26.6. The maximum absolute atomic E-state index is 13.0. The van der Waals surface area contributed by atoms with Crippen molar-refractivity contribution < 1.29 is 19.1 Å². The van der Waals surface area contributed by atoms with Gasteiger partial charge >= 0.3 is 5.97 Å². The second kappa shape index (κ2) is 12.8. The molecule has 0 saturated carbocycles. The zero-order valence-corrected chi connectivity index (χ0v) is 23.9. The predicted molar refractivity (Wildman–Crippen MR) is 156 cm³/mol. The molecule has 2 aromatic heterocycles. The highest BCUT2D eigenvalue weighted by Crippen LogP contribution is 2.40. The Kier molecular flexibility index (Phi) is 9.21. The number of thiophene rings is 1. The van der Waals surface area contributed by atoms with Crippen LogP contribution in [0, 0.1) is 13.8 Å². The van der Waals surface area contributed by atoms with E-state index in [-0.39, 0.29) is 17.8 Å². The first-order chi connectivity index (χ1) is 18.8. The molecule has 1 N–H and O–H groups in total. The van der Waals surface area contributed by atoms with Gasteiger partial charge in [-0.15, -0.1) is 28.1 Å². The molecule has 0 saturated heterocycles. The zero-order chi connectivity index (χ0) is 27.9. The van der Waals surface area contributed by atoms with Crippen LogP contribution in [-0.4, -0.2) is 39.5 Å². The molecule has 1 atom stereocenters. The van der Waals surface area contributed by atoms with Gasteiger partial charge in [-0.2, -0.15) is 0 Å². The number of ether oxygens (including phenoxy) is 2. The molecule has 1 amide bonds. The number of anilines is 1. The zero-order valence-electron chi connectivity index (χ0n) is 22.3. The fraction of sp³-hybridized carbons (Fsp3) is 0.241. The average Bonchev–Trinajstić information content (AvgIpc) is 3.47. The molecule has 0 aliphatic carbocycles. The van der Waals surface area contributed by atoms with Crippen molar-refractivity contribution in [1.29, 1.82) is 0 Å². The summed E-state index contributed by atoms with van der Waals surface area (Å²) in [5, 5.41) is 12.6. The lowest BCUT2D eigenvalue weighted by molar-refractivity contribution is -0.113. The van der Waals surface area contributed by atoms with Crippen molar-refractivity contribution in [3.8, 4) is 16.9 Å². The Labute approximate surface area is 236 Å². The number of benzene rings is 2. The average molecular weight is 563 g/mol. The van der Waals surface area contributed by atoms with E-state index in [2.05, 4.69) is 22.1 Å². The molecular formula is C29H30N4O4S2. The van der Waals surface area contributed by atoms with Gasteiger partial charge in [0, 0.05) is 17.0 Å². The Balaban J connectivity index is 1.50. The number of rotatable bonds is 11. The third-order valence-electron chi connectivity index (χ3n) is 5.84. The Hall–Kier alpha value is -3.89. The fourth-order valence-corrected chi connectivity index (χ4v) is 5.96. The third-order valence-corrected chi connectivity index (χ3v) is 7.83. The van der Waals surface area contributed by atoms with Crippen molar-refractivity contribution >= 4 is 40.0 Å². The fourth-order valence-electron chi connectivity index (χ4n) is 4.13. The topological polar surface area (TPSA) is 95.3 Å². The van der Waals surface area contributed by atoms with E-state index in [1.165, 1.54) is 30.2 Å². The minimum Gasteiger partial charge on any atom is -0.483 e. The van der Waals surface area contributed by atoms with Crippen LogP contribution in [0.4, 0.5) is 5.00 Å². The number of esters is 1. The van der Waals surface area contributed by atoms with Crippen LogP contribution in [-0.2, 0) is 16.1 Å². The number of amides is 1. The lowest BCUT2D eigenvalue weighted by Gasteiger charge is -2.16. The van der Waals surface area contributed by atoms with Crippen molar-refractivity contribution in [3.63, 3.8) is 0 Å². The number of carbonyl (C=O) groups is 2. The van der Waals surface area contributed by atoms with E-state index in [0.717, 1.165) is 27.3 Å². The summed E-state index contributed by atoms with van der Waals surface area (Å²) in [6.45, 7) is 10.1. The first-order valence-corrected chi connectivity index (χ1v) is 14.1. The van der Waals surface area contributed by atoms with Gasteiger partial charge in [-0.25, -0.2) is 4.79 Å². The van der Waals surface area contributed by atoms with Crippen LogP contribution in [0.15, 0.2) is 72.4 Å². The van der Waals surface area contributed by atoms with Crippen LogP contribution >= 0.6 is 23.1 Å². The first kappa shape index (κ1) is 28.1. The summed E-state index contributed by atoms with van der Waals surface area (Å²) in [7, 11) is 1.33. The summed E-state index contributed by atoms with van der Waals surface area (Å²) in [5.41, 5.74) is 3.09. The van der Waals surface area contributed by atoms with E-state index in [4.69, 9.17) is 9.47 Å².